The summed E-state index contributed by atoms with van der Waals surface area (Å²) in [6, 6.07) is 0. The molecule has 0 radical (unpaired) electrons. The first kappa shape index (κ1) is 32.9. The Balaban J connectivity index is 3.80. The van der Waals surface area contributed by atoms with E-state index in [4.69, 9.17) is 18.9 Å². The van der Waals surface area contributed by atoms with Crippen LogP contribution in [-0.4, -0.2) is 80.3 Å². The van der Waals surface area contributed by atoms with Crippen LogP contribution in [0.4, 0.5) is 0 Å². The Morgan fingerprint density at radius 2 is 0.658 bits per heavy atom. The van der Waals surface area contributed by atoms with Gasteiger partial charge in [-0.1, -0.05) is 0 Å². The fourth-order valence-electron chi connectivity index (χ4n) is 3.43. The van der Waals surface area contributed by atoms with E-state index in [1.165, 1.54) is 45.2 Å². The lowest BCUT2D eigenvalue weighted by atomic mass is 10.0. The van der Waals surface area contributed by atoms with Crippen molar-refractivity contribution in [1.82, 2.24) is 0 Å². The average Bonchev–Trinajstić information content (AvgIpc) is 2.74. The Morgan fingerprint density at radius 3 is 0.816 bits per heavy atom. The van der Waals surface area contributed by atoms with Crippen molar-refractivity contribution in [3.63, 3.8) is 0 Å². The molecular formula is C16H16I2O16S4. The molecule has 0 atom stereocenters. The average molecular weight is 846 g/mol. The van der Waals surface area contributed by atoms with E-state index in [1.54, 1.807) is 0 Å². The standard InChI is InChI=1S/C16H16I2O16S4/c1-31-9-5(13(35(19,20)21)15(37(25,26)27)7(17)11(9)33-3)6-10(32-2)12(34-4)8(18)16(38(28,29)30)14(6)36(22,23)24/h1-4H3,(H,19,20,21)(H,22,23,24)(H,25,26,27)(H,28,29,30). The molecule has 0 saturated heterocycles. The van der Waals surface area contributed by atoms with Crippen LogP contribution in [0.1, 0.15) is 0 Å². The lowest BCUT2D eigenvalue weighted by Crippen LogP contribution is -2.18. The minimum absolute atomic E-state index is 0.655. The summed E-state index contributed by atoms with van der Waals surface area (Å²) in [6.45, 7) is 0. The third-order valence-corrected chi connectivity index (χ3v) is 11.4. The third kappa shape index (κ3) is 5.78. The van der Waals surface area contributed by atoms with Crippen molar-refractivity contribution in [2.75, 3.05) is 28.4 Å². The van der Waals surface area contributed by atoms with Crippen LogP contribution in [0.15, 0.2) is 19.6 Å². The molecule has 4 N–H and O–H groups in total. The number of halogens is 2. The van der Waals surface area contributed by atoms with E-state index in [-0.39, 0.29) is 0 Å². The Hall–Kier alpha value is -1.26. The molecule has 16 nitrogen and oxygen atoms in total. The molecule has 0 unspecified atom stereocenters. The second-order valence-electron chi connectivity index (χ2n) is 6.73. The number of benzene rings is 2. The third-order valence-electron chi connectivity index (χ3n) is 4.63. The molecular weight excluding hydrogens is 830 g/mol. The van der Waals surface area contributed by atoms with Gasteiger partial charge in [-0.2, -0.15) is 33.7 Å². The van der Waals surface area contributed by atoms with Gasteiger partial charge in [-0.15, -0.1) is 0 Å². The van der Waals surface area contributed by atoms with E-state index in [9.17, 15) is 51.9 Å². The van der Waals surface area contributed by atoms with E-state index in [0.29, 0.717) is 0 Å². The molecule has 0 fully saturated rings. The van der Waals surface area contributed by atoms with Crippen molar-refractivity contribution in [1.29, 1.82) is 0 Å². The molecule has 0 aromatic heterocycles. The Labute approximate surface area is 243 Å². The minimum atomic E-state index is -5.81. The second-order valence-corrected chi connectivity index (χ2v) is 14.3. The first-order valence-corrected chi connectivity index (χ1v) is 16.9. The van der Waals surface area contributed by atoms with Crippen LogP contribution in [0.25, 0.3) is 11.1 Å². The number of ether oxygens (including phenoxy) is 4. The largest absolute Gasteiger partial charge is 0.492 e. The maximum atomic E-state index is 12.6. The molecule has 0 saturated carbocycles. The molecule has 0 aliphatic heterocycles. The first-order chi connectivity index (χ1) is 17.1. The molecule has 0 bridgehead atoms. The normalized spacial score (nSPS) is 12.8. The number of hydrogen-bond donors (Lipinski definition) is 4. The van der Waals surface area contributed by atoms with E-state index < -0.39 is 101 Å². The van der Waals surface area contributed by atoms with Crippen molar-refractivity contribution in [3.8, 4) is 34.1 Å². The van der Waals surface area contributed by atoms with Gasteiger partial charge in [-0.05, 0) is 45.2 Å². The summed E-state index contributed by atoms with van der Waals surface area (Å²) < 4.78 is 159. The monoisotopic (exact) mass is 846 g/mol. The number of methoxy groups -OCH3 is 4. The van der Waals surface area contributed by atoms with Gasteiger partial charge < -0.3 is 18.9 Å². The van der Waals surface area contributed by atoms with Gasteiger partial charge in [-0.25, -0.2) is 0 Å². The highest BCUT2D eigenvalue weighted by atomic mass is 127. The summed E-state index contributed by atoms with van der Waals surface area (Å²) in [7, 11) is -19.2. The predicted octanol–water partition coefficient (Wildman–Crippen LogP) is 1.58. The van der Waals surface area contributed by atoms with E-state index in [1.807, 2.05) is 0 Å². The molecule has 0 aliphatic rings. The highest BCUT2D eigenvalue weighted by Gasteiger charge is 2.43. The maximum absolute atomic E-state index is 12.6. The first-order valence-electron chi connectivity index (χ1n) is 8.96. The number of hydrogen-bond acceptors (Lipinski definition) is 12. The molecule has 2 rings (SSSR count). The highest BCUT2D eigenvalue weighted by molar-refractivity contribution is 14.1. The van der Waals surface area contributed by atoms with Crippen molar-refractivity contribution in [3.05, 3.63) is 7.14 Å². The van der Waals surface area contributed by atoms with Crippen LogP contribution in [-0.2, 0) is 40.5 Å². The topological polar surface area (TPSA) is 254 Å². The summed E-state index contributed by atoms with van der Waals surface area (Å²) in [5.74, 6) is -3.00. The van der Waals surface area contributed by atoms with E-state index in [0.717, 1.165) is 28.4 Å². The van der Waals surface area contributed by atoms with Gasteiger partial charge in [0.15, 0.2) is 23.0 Å². The molecule has 0 heterocycles. The summed E-state index contributed by atoms with van der Waals surface area (Å²) >= 11 is 2.44. The van der Waals surface area contributed by atoms with Crippen molar-refractivity contribution in [2.45, 2.75) is 19.6 Å². The van der Waals surface area contributed by atoms with Crippen LogP contribution in [0.2, 0.25) is 0 Å². The van der Waals surface area contributed by atoms with Crippen molar-refractivity contribution in [2.24, 2.45) is 0 Å². The van der Waals surface area contributed by atoms with Gasteiger partial charge in [-0.3, -0.25) is 18.2 Å². The van der Waals surface area contributed by atoms with Gasteiger partial charge >= 0.3 is 0 Å². The molecule has 0 aliphatic carbocycles. The summed E-state index contributed by atoms with van der Waals surface area (Å²) in [4.78, 5) is -6.53. The van der Waals surface area contributed by atoms with Crippen molar-refractivity contribution >= 4 is 85.7 Å². The summed E-state index contributed by atoms with van der Waals surface area (Å²) in [5, 5.41) is 0. The number of rotatable bonds is 9. The molecule has 0 spiro atoms. The van der Waals surface area contributed by atoms with Crippen LogP contribution >= 0.6 is 45.2 Å². The zero-order valence-electron chi connectivity index (χ0n) is 19.1. The van der Waals surface area contributed by atoms with Crippen LogP contribution < -0.4 is 18.9 Å². The van der Waals surface area contributed by atoms with Gasteiger partial charge in [0.2, 0.25) is 0 Å². The summed E-state index contributed by atoms with van der Waals surface area (Å²) in [6.07, 6.45) is 0. The molecule has 214 valence electrons. The quantitative estimate of drug-likeness (QED) is 0.207. The molecule has 22 heteroatoms. The molecule has 38 heavy (non-hydrogen) atoms. The zero-order valence-corrected chi connectivity index (χ0v) is 26.7. The Bertz CT molecular complexity index is 1630. The fourth-order valence-corrected chi connectivity index (χ4v) is 11.1. The fraction of sp³-hybridized carbons (Fsp3) is 0.250. The van der Waals surface area contributed by atoms with Gasteiger partial charge in [0, 0.05) is 0 Å². The highest BCUT2D eigenvalue weighted by Crippen LogP contribution is 2.56. The van der Waals surface area contributed by atoms with Crippen LogP contribution in [0.3, 0.4) is 0 Å². The molecule has 0 amide bonds. The SMILES string of the molecule is COc1c(I)c(S(=O)(=O)O)c(S(=O)(=O)O)c(-c2c(OC)c(OC)c(I)c(S(=O)(=O)O)c2S(=O)(=O)O)c1OC. The van der Waals surface area contributed by atoms with E-state index in [2.05, 4.69) is 0 Å². The second kappa shape index (κ2) is 11.0. The van der Waals surface area contributed by atoms with Gasteiger partial charge in [0.05, 0.1) is 46.7 Å². The zero-order chi connectivity index (χ0) is 29.8. The van der Waals surface area contributed by atoms with Gasteiger partial charge in [0.1, 0.15) is 19.6 Å². The minimum Gasteiger partial charge on any atom is -0.492 e. The van der Waals surface area contributed by atoms with Crippen LogP contribution in [0, 0.1) is 7.14 Å². The predicted molar refractivity (Wildman–Crippen MR) is 143 cm³/mol. The lowest BCUT2D eigenvalue weighted by molar-refractivity contribution is 0.344. The van der Waals surface area contributed by atoms with Gasteiger partial charge in [0.25, 0.3) is 40.5 Å². The Morgan fingerprint density at radius 1 is 0.447 bits per heavy atom. The van der Waals surface area contributed by atoms with Crippen LogP contribution in [0.5, 0.6) is 23.0 Å². The maximum Gasteiger partial charge on any atom is 0.297 e. The molecule has 2 aromatic rings. The lowest BCUT2D eigenvalue weighted by Gasteiger charge is -2.25. The van der Waals surface area contributed by atoms with Crippen molar-refractivity contribution < 1.29 is 70.8 Å². The Kier molecular flexibility index (Phi) is 9.50. The molecule has 2 aromatic carbocycles. The smallest absolute Gasteiger partial charge is 0.297 e. The van der Waals surface area contributed by atoms with E-state index >= 15 is 0 Å². The summed E-state index contributed by atoms with van der Waals surface area (Å²) in [5.41, 5.74) is -2.55.